The van der Waals surface area contributed by atoms with Crippen LogP contribution in [0.5, 0.6) is 0 Å². The number of hydrogen-bond donors (Lipinski definition) is 1. The molecule has 0 atom stereocenters. The molecule has 3 heterocycles. The van der Waals surface area contributed by atoms with Crippen LogP contribution in [0, 0.1) is 0 Å². The van der Waals surface area contributed by atoms with Crippen LogP contribution in [0.3, 0.4) is 0 Å². The van der Waals surface area contributed by atoms with Gasteiger partial charge in [0.1, 0.15) is 5.76 Å². The quantitative estimate of drug-likeness (QED) is 0.895. The van der Waals surface area contributed by atoms with Crippen LogP contribution in [-0.2, 0) is 13.0 Å². The third-order valence-electron chi connectivity index (χ3n) is 3.16. The molecule has 0 saturated carbocycles. The first-order valence-corrected chi connectivity index (χ1v) is 6.13. The molecule has 3 rings (SSSR count). The zero-order valence-electron chi connectivity index (χ0n) is 10.6. The zero-order valence-corrected chi connectivity index (χ0v) is 10.6. The summed E-state index contributed by atoms with van der Waals surface area (Å²) in [5.74, 6) is 1.41. The molecular weight excluding hydrogens is 244 g/mol. The molecule has 2 aromatic heterocycles. The fraction of sp³-hybridized carbons (Fsp3) is 0.308. The highest BCUT2D eigenvalue weighted by molar-refractivity contribution is 5.97. The van der Waals surface area contributed by atoms with Gasteiger partial charge in [0, 0.05) is 26.2 Å². The van der Waals surface area contributed by atoms with Crippen LogP contribution in [0.2, 0.25) is 0 Å². The Hall–Kier alpha value is -2.37. The van der Waals surface area contributed by atoms with Crippen molar-refractivity contribution in [3.05, 3.63) is 41.6 Å². The topological polar surface area (TPSA) is 71.3 Å². The lowest BCUT2D eigenvalue weighted by molar-refractivity contribution is 0.0778. The molecule has 0 unspecified atom stereocenters. The molecule has 0 fully saturated rings. The van der Waals surface area contributed by atoms with Gasteiger partial charge in [-0.05, 0) is 12.1 Å². The number of nitrogens with zero attached hydrogens (tertiary/aromatic N) is 3. The smallest absolute Gasteiger partial charge is 0.257 e. The summed E-state index contributed by atoms with van der Waals surface area (Å²) in [7, 11) is 1.76. The molecule has 0 saturated heterocycles. The molecule has 98 valence electrons. The number of carbonyl (C=O) groups excluding carboxylic acids is 1. The van der Waals surface area contributed by atoms with E-state index in [4.69, 9.17) is 4.42 Å². The number of furan rings is 1. The lowest BCUT2D eigenvalue weighted by atomic mass is 10.3. The summed E-state index contributed by atoms with van der Waals surface area (Å²) in [6, 6.07) is 3.76. The second-order valence-corrected chi connectivity index (χ2v) is 4.36. The van der Waals surface area contributed by atoms with Crippen molar-refractivity contribution in [2.24, 2.45) is 0 Å². The Kier molecular flexibility index (Phi) is 2.91. The molecule has 2 aromatic rings. The van der Waals surface area contributed by atoms with Gasteiger partial charge in [-0.2, -0.15) is 0 Å². The van der Waals surface area contributed by atoms with Crippen molar-refractivity contribution in [2.45, 2.75) is 13.0 Å². The number of carbonyl (C=O) groups is 1. The summed E-state index contributed by atoms with van der Waals surface area (Å²) in [4.78, 5) is 22.3. The van der Waals surface area contributed by atoms with Gasteiger partial charge in [0.05, 0.1) is 24.1 Å². The third kappa shape index (κ3) is 2.16. The van der Waals surface area contributed by atoms with Crippen molar-refractivity contribution in [1.29, 1.82) is 0 Å². The van der Waals surface area contributed by atoms with Gasteiger partial charge in [-0.15, -0.1) is 0 Å². The molecule has 0 spiro atoms. The summed E-state index contributed by atoms with van der Waals surface area (Å²) in [6.45, 7) is 1.16. The Morgan fingerprint density at radius 1 is 1.53 bits per heavy atom. The van der Waals surface area contributed by atoms with Gasteiger partial charge in [0.25, 0.3) is 5.91 Å². The van der Waals surface area contributed by atoms with Gasteiger partial charge < -0.3 is 14.6 Å². The monoisotopic (exact) mass is 258 g/mol. The first-order chi connectivity index (χ1) is 9.28. The maximum absolute atomic E-state index is 12.2. The maximum atomic E-state index is 12.2. The molecule has 0 aliphatic carbocycles. The van der Waals surface area contributed by atoms with Gasteiger partial charge in [-0.3, -0.25) is 4.79 Å². The standard InChI is InChI=1S/C13H14N4O2/c1-14-13-15-7-10-11(16-13)8-17(12(10)18)5-4-9-3-2-6-19-9/h2-3,6-7H,4-5,8H2,1H3,(H,14,15,16). The van der Waals surface area contributed by atoms with Crippen molar-refractivity contribution in [1.82, 2.24) is 14.9 Å². The van der Waals surface area contributed by atoms with E-state index in [0.717, 1.165) is 11.5 Å². The van der Waals surface area contributed by atoms with Gasteiger partial charge in [0.2, 0.25) is 5.95 Å². The van der Waals surface area contributed by atoms with Crippen molar-refractivity contribution in [3.8, 4) is 0 Å². The maximum Gasteiger partial charge on any atom is 0.257 e. The van der Waals surface area contributed by atoms with E-state index in [-0.39, 0.29) is 5.91 Å². The number of anilines is 1. The Balaban J connectivity index is 1.72. The summed E-state index contributed by atoms with van der Waals surface area (Å²) in [6.07, 6.45) is 3.93. The molecule has 0 bridgehead atoms. The van der Waals surface area contributed by atoms with Crippen LogP contribution in [0.1, 0.15) is 21.8 Å². The van der Waals surface area contributed by atoms with Crippen molar-refractivity contribution >= 4 is 11.9 Å². The van der Waals surface area contributed by atoms with E-state index in [0.29, 0.717) is 31.0 Å². The lowest BCUT2D eigenvalue weighted by Crippen LogP contribution is -2.26. The van der Waals surface area contributed by atoms with Gasteiger partial charge >= 0.3 is 0 Å². The van der Waals surface area contributed by atoms with Crippen molar-refractivity contribution < 1.29 is 9.21 Å². The highest BCUT2D eigenvalue weighted by Gasteiger charge is 2.29. The van der Waals surface area contributed by atoms with Crippen molar-refractivity contribution in [3.63, 3.8) is 0 Å². The largest absolute Gasteiger partial charge is 0.469 e. The first kappa shape index (κ1) is 11.7. The second-order valence-electron chi connectivity index (χ2n) is 4.36. The minimum absolute atomic E-state index is 0.00999. The Bertz CT molecular complexity index is 595. The lowest BCUT2D eigenvalue weighted by Gasteiger charge is -2.13. The molecule has 6 nitrogen and oxygen atoms in total. The predicted octanol–water partition coefficient (Wildman–Crippen LogP) is 1.31. The second kappa shape index (κ2) is 4.72. The fourth-order valence-corrected chi connectivity index (χ4v) is 2.14. The predicted molar refractivity (Wildman–Crippen MR) is 68.7 cm³/mol. The minimum atomic E-state index is -0.00999. The number of aromatic nitrogens is 2. The summed E-state index contributed by atoms with van der Waals surface area (Å²) >= 11 is 0. The number of fused-ring (bicyclic) bond motifs is 1. The van der Waals surface area contributed by atoms with Gasteiger partial charge in [-0.25, -0.2) is 9.97 Å². The van der Waals surface area contributed by atoms with Crippen LogP contribution < -0.4 is 5.32 Å². The van der Waals surface area contributed by atoms with Gasteiger partial charge in [0.15, 0.2) is 0 Å². The SMILES string of the molecule is CNc1ncc2c(n1)CN(CCc1ccco1)C2=O. The van der Waals surface area contributed by atoms with Crippen LogP contribution >= 0.6 is 0 Å². The Morgan fingerprint density at radius 2 is 2.42 bits per heavy atom. The summed E-state index contributed by atoms with van der Waals surface area (Å²) < 4.78 is 5.27. The Morgan fingerprint density at radius 3 is 3.16 bits per heavy atom. The van der Waals surface area contributed by atoms with Crippen LogP contribution in [0.4, 0.5) is 5.95 Å². The summed E-state index contributed by atoms with van der Waals surface area (Å²) in [5.41, 5.74) is 1.38. The molecule has 1 aliphatic heterocycles. The summed E-state index contributed by atoms with van der Waals surface area (Å²) in [5, 5.41) is 2.87. The van der Waals surface area contributed by atoms with Gasteiger partial charge in [-0.1, -0.05) is 0 Å². The number of rotatable bonds is 4. The number of nitrogens with one attached hydrogen (secondary N) is 1. The Labute approximate surface area is 110 Å². The molecule has 0 radical (unpaired) electrons. The molecule has 1 amide bonds. The van der Waals surface area contributed by atoms with E-state index in [9.17, 15) is 4.79 Å². The van der Waals surface area contributed by atoms with Crippen LogP contribution in [0.15, 0.2) is 29.0 Å². The molecular formula is C13H14N4O2. The zero-order chi connectivity index (χ0) is 13.2. The molecule has 19 heavy (non-hydrogen) atoms. The van der Waals surface area contributed by atoms with Crippen LogP contribution in [0.25, 0.3) is 0 Å². The molecule has 0 aromatic carbocycles. The van der Waals surface area contributed by atoms with E-state index in [1.54, 1.807) is 24.4 Å². The van der Waals surface area contributed by atoms with Crippen molar-refractivity contribution in [2.75, 3.05) is 18.9 Å². The fourth-order valence-electron chi connectivity index (χ4n) is 2.14. The van der Waals surface area contributed by atoms with E-state index in [1.807, 2.05) is 12.1 Å². The van der Waals surface area contributed by atoms with Crippen LogP contribution in [-0.4, -0.2) is 34.4 Å². The highest BCUT2D eigenvalue weighted by atomic mass is 16.3. The first-order valence-electron chi connectivity index (χ1n) is 6.13. The minimum Gasteiger partial charge on any atom is -0.469 e. The van der Waals surface area contributed by atoms with E-state index >= 15 is 0 Å². The van der Waals surface area contributed by atoms with E-state index in [2.05, 4.69) is 15.3 Å². The number of hydrogen-bond acceptors (Lipinski definition) is 5. The van der Waals surface area contributed by atoms with E-state index in [1.165, 1.54) is 0 Å². The molecule has 1 aliphatic rings. The average Bonchev–Trinajstić information content (AvgIpc) is 3.04. The normalized spacial score (nSPS) is 13.7. The molecule has 1 N–H and O–H groups in total. The number of amides is 1. The van der Waals surface area contributed by atoms with E-state index < -0.39 is 0 Å². The highest BCUT2D eigenvalue weighted by Crippen LogP contribution is 2.21. The third-order valence-corrected chi connectivity index (χ3v) is 3.16. The average molecular weight is 258 g/mol. The molecule has 6 heteroatoms.